The van der Waals surface area contributed by atoms with Crippen molar-refractivity contribution < 1.29 is 21.9 Å². The minimum Gasteiger partial charge on any atom is -0.396 e. The van der Waals surface area contributed by atoms with E-state index in [1.165, 1.54) is 10.4 Å². The summed E-state index contributed by atoms with van der Waals surface area (Å²) >= 11 is 0.679. The number of rotatable bonds is 7. The smallest absolute Gasteiger partial charge is 0.252 e. The zero-order valence-electron chi connectivity index (χ0n) is 12.7. The van der Waals surface area contributed by atoms with Gasteiger partial charge in [0.05, 0.1) is 0 Å². The Morgan fingerprint density at radius 2 is 2.22 bits per heavy atom. The SMILES string of the molecule is CCCN[C@H]1CN(CCCO)S(=O)(=O)c2sc(S(N)(=O)=O)cc21. The normalized spacial score (nSPS) is 21.3. The Morgan fingerprint density at radius 3 is 2.78 bits per heavy atom. The third-order valence-corrected chi connectivity index (χ3v) is 8.49. The van der Waals surface area contributed by atoms with Crippen molar-refractivity contribution in [1.29, 1.82) is 0 Å². The minimum absolute atomic E-state index is 0.0133. The fraction of sp³-hybridized carbons (Fsp3) is 0.667. The summed E-state index contributed by atoms with van der Waals surface area (Å²) in [7, 11) is -7.73. The molecule has 0 spiro atoms. The number of nitrogens with two attached hydrogens (primary N) is 1. The highest BCUT2D eigenvalue weighted by atomic mass is 32.3. The first-order chi connectivity index (χ1) is 10.7. The van der Waals surface area contributed by atoms with Crippen molar-refractivity contribution in [3.05, 3.63) is 11.6 Å². The van der Waals surface area contributed by atoms with Gasteiger partial charge in [-0.2, -0.15) is 4.31 Å². The number of hydrogen-bond acceptors (Lipinski definition) is 7. The molecule has 8 nitrogen and oxygen atoms in total. The van der Waals surface area contributed by atoms with Gasteiger partial charge < -0.3 is 10.4 Å². The molecule has 1 aliphatic heterocycles. The second-order valence-electron chi connectivity index (χ2n) is 5.30. The number of primary sulfonamides is 1. The summed E-state index contributed by atoms with van der Waals surface area (Å²) < 4.78 is 49.6. The van der Waals surface area contributed by atoms with Gasteiger partial charge in [-0.3, -0.25) is 0 Å². The predicted molar refractivity (Wildman–Crippen MR) is 87.2 cm³/mol. The molecule has 0 fully saturated rings. The van der Waals surface area contributed by atoms with Crippen LogP contribution in [0.25, 0.3) is 0 Å². The van der Waals surface area contributed by atoms with Gasteiger partial charge >= 0.3 is 0 Å². The molecule has 1 atom stereocenters. The van der Waals surface area contributed by atoms with Crippen molar-refractivity contribution >= 4 is 31.4 Å². The Hall–Kier alpha value is -0.560. The number of aliphatic hydroxyl groups excluding tert-OH is 1. The summed E-state index contributed by atoms with van der Waals surface area (Å²) in [5, 5.41) is 17.3. The lowest BCUT2D eigenvalue weighted by molar-refractivity contribution is 0.260. The molecule has 0 radical (unpaired) electrons. The van der Waals surface area contributed by atoms with Gasteiger partial charge in [-0.05, 0) is 25.5 Å². The van der Waals surface area contributed by atoms with Crippen LogP contribution in [0.3, 0.4) is 0 Å². The summed E-state index contributed by atoms with van der Waals surface area (Å²) in [6.07, 6.45) is 1.18. The van der Waals surface area contributed by atoms with Gasteiger partial charge in [0, 0.05) is 31.3 Å². The number of hydrogen-bond donors (Lipinski definition) is 3. The quantitative estimate of drug-likeness (QED) is 0.599. The highest BCUT2D eigenvalue weighted by Gasteiger charge is 2.39. The van der Waals surface area contributed by atoms with Crippen LogP contribution in [0.1, 0.15) is 31.4 Å². The van der Waals surface area contributed by atoms with E-state index in [1.54, 1.807) is 0 Å². The average Bonchev–Trinajstić information content (AvgIpc) is 2.92. The van der Waals surface area contributed by atoms with Crippen LogP contribution in [-0.4, -0.2) is 52.5 Å². The summed E-state index contributed by atoms with van der Waals surface area (Å²) in [4.78, 5) is 0. The van der Waals surface area contributed by atoms with E-state index in [4.69, 9.17) is 10.2 Å². The maximum atomic E-state index is 12.7. The van der Waals surface area contributed by atoms with Crippen LogP contribution in [0.4, 0.5) is 0 Å². The molecule has 0 unspecified atom stereocenters. The molecule has 0 aromatic carbocycles. The number of fused-ring (bicyclic) bond motifs is 1. The molecule has 2 rings (SSSR count). The van der Waals surface area contributed by atoms with Crippen molar-refractivity contribution in [2.24, 2.45) is 5.14 Å². The van der Waals surface area contributed by atoms with Gasteiger partial charge in [0.1, 0.15) is 8.42 Å². The Balaban J connectivity index is 2.49. The topological polar surface area (TPSA) is 130 Å². The Morgan fingerprint density at radius 1 is 1.52 bits per heavy atom. The van der Waals surface area contributed by atoms with Crippen molar-refractivity contribution in [3.8, 4) is 0 Å². The van der Waals surface area contributed by atoms with E-state index in [0.717, 1.165) is 6.42 Å². The lowest BCUT2D eigenvalue weighted by Gasteiger charge is -2.32. The van der Waals surface area contributed by atoms with Crippen LogP contribution in [0.5, 0.6) is 0 Å². The number of aliphatic hydroxyl groups is 1. The van der Waals surface area contributed by atoms with Crippen LogP contribution in [-0.2, 0) is 20.0 Å². The molecule has 23 heavy (non-hydrogen) atoms. The Bertz CT molecular complexity index is 757. The molecular formula is C12H21N3O5S3. The fourth-order valence-corrected chi connectivity index (χ4v) is 6.73. The summed E-state index contributed by atoms with van der Waals surface area (Å²) in [5.74, 6) is 0. The molecule has 2 heterocycles. The van der Waals surface area contributed by atoms with E-state index in [0.29, 0.717) is 29.9 Å². The predicted octanol–water partition coefficient (Wildman–Crippen LogP) is -0.177. The van der Waals surface area contributed by atoms with Crippen LogP contribution >= 0.6 is 11.3 Å². The molecule has 0 amide bonds. The first-order valence-corrected chi connectivity index (χ1v) is 11.0. The molecule has 1 aliphatic rings. The van der Waals surface area contributed by atoms with E-state index in [9.17, 15) is 16.8 Å². The fourth-order valence-electron chi connectivity index (χ4n) is 2.42. The van der Waals surface area contributed by atoms with Gasteiger partial charge in [-0.1, -0.05) is 6.92 Å². The van der Waals surface area contributed by atoms with E-state index in [1.807, 2.05) is 6.92 Å². The third-order valence-electron chi connectivity index (χ3n) is 3.52. The molecule has 0 saturated heterocycles. The van der Waals surface area contributed by atoms with Gasteiger partial charge in [-0.15, -0.1) is 11.3 Å². The van der Waals surface area contributed by atoms with Crippen molar-refractivity contribution in [1.82, 2.24) is 9.62 Å². The molecule has 0 saturated carbocycles. The highest BCUT2D eigenvalue weighted by Crippen LogP contribution is 2.39. The van der Waals surface area contributed by atoms with E-state index in [2.05, 4.69) is 5.32 Å². The highest BCUT2D eigenvalue weighted by molar-refractivity contribution is 7.94. The van der Waals surface area contributed by atoms with Crippen molar-refractivity contribution in [2.75, 3.05) is 26.2 Å². The monoisotopic (exact) mass is 383 g/mol. The van der Waals surface area contributed by atoms with Gasteiger partial charge in [0.2, 0.25) is 10.0 Å². The number of sulfonamides is 2. The first kappa shape index (κ1) is 18.8. The second kappa shape index (κ2) is 7.13. The first-order valence-electron chi connectivity index (χ1n) is 7.22. The lowest BCUT2D eigenvalue weighted by atomic mass is 10.1. The Kier molecular flexibility index (Phi) is 5.82. The maximum absolute atomic E-state index is 12.7. The van der Waals surface area contributed by atoms with Gasteiger partial charge in [0.25, 0.3) is 10.0 Å². The molecule has 11 heteroatoms. The molecular weight excluding hydrogens is 362 g/mol. The van der Waals surface area contributed by atoms with Crippen molar-refractivity contribution in [2.45, 2.75) is 34.2 Å². The van der Waals surface area contributed by atoms with Crippen LogP contribution in [0.2, 0.25) is 0 Å². The molecule has 1 aromatic rings. The summed E-state index contributed by atoms with van der Waals surface area (Å²) in [6, 6.07) is 1.06. The van der Waals surface area contributed by atoms with Gasteiger partial charge in [0.15, 0.2) is 0 Å². The molecule has 1 aromatic heterocycles. The number of nitrogens with zero attached hydrogens (tertiary/aromatic N) is 1. The zero-order chi connectivity index (χ0) is 17.3. The van der Waals surface area contributed by atoms with E-state index < -0.39 is 20.0 Å². The second-order valence-corrected chi connectivity index (χ2v) is 10.3. The van der Waals surface area contributed by atoms with Crippen LogP contribution in [0, 0.1) is 0 Å². The lowest BCUT2D eigenvalue weighted by Crippen LogP contribution is -2.44. The van der Waals surface area contributed by atoms with Crippen LogP contribution in [0.15, 0.2) is 14.5 Å². The molecule has 4 N–H and O–H groups in total. The Labute approximate surface area is 140 Å². The van der Waals surface area contributed by atoms with Crippen LogP contribution < -0.4 is 10.5 Å². The van der Waals surface area contributed by atoms with Gasteiger partial charge in [-0.25, -0.2) is 22.0 Å². The minimum atomic E-state index is -3.96. The zero-order valence-corrected chi connectivity index (χ0v) is 15.2. The third kappa shape index (κ3) is 3.92. The number of thiophene rings is 1. The standard InChI is InChI=1S/C12H21N3O5S3/c1-2-4-14-10-8-15(5-3-6-16)23(19,20)12-9(10)7-11(21-12)22(13,17)18/h7,10,14,16H,2-6,8H2,1H3,(H2,13,17,18)/t10-/m0/s1. The molecule has 0 aliphatic carbocycles. The molecule has 0 bridgehead atoms. The van der Waals surface area contributed by atoms with E-state index in [-0.39, 0.29) is 34.2 Å². The molecule has 132 valence electrons. The van der Waals surface area contributed by atoms with Crippen molar-refractivity contribution in [3.63, 3.8) is 0 Å². The number of nitrogens with one attached hydrogen (secondary N) is 1. The maximum Gasteiger partial charge on any atom is 0.252 e. The average molecular weight is 384 g/mol. The van der Waals surface area contributed by atoms with E-state index >= 15 is 0 Å². The largest absolute Gasteiger partial charge is 0.396 e. The summed E-state index contributed by atoms with van der Waals surface area (Å²) in [6.45, 7) is 2.94. The summed E-state index contributed by atoms with van der Waals surface area (Å²) in [5.41, 5.74) is 0.452.